The Kier molecular flexibility index (Phi) is 4.39. The first-order valence-electron chi connectivity index (χ1n) is 5.71. The summed E-state index contributed by atoms with van der Waals surface area (Å²) < 4.78 is 27.3. The number of hydrogen-bond acceptors (Lipinski definition) is 4. The van der Waals surface area contributed by atoms with E-state index >= 15 is 0 Å². The molecule has 0 aromatic heterocycles. The zero-order valence-corrected chi connectivity index (χ0v) is 11.1. The quantitative estimate of drug-likeness (QED) is 0.652. The van der Waals surface area contributed by atoms with Crippen LogP contribution in [0.4, 0.5) is 14.5 Å². The molecule has 20 heavy (non-hydrogen) atoms. The van der Waals surface area contributed by atoms with Crippen LogP contribution in [0.25, 0.3) is 0 Å². The van der Waals surface area contributed by atoms with Crippen LogP contribution in [0, 0.1) is 21.7 Å². The van der Waals surface area contributed by atoms with Crippen molar-refractivity contribution in [2.75, 3.05) is 0 Å². The number of rotatable bonds is 4. The first-order chi connectivity index (χ1) is 9.08. The lowest BCUT2D eigenvalue weighted by atomic mass is 9.98. The van der Waals surface area contributed by atoms with Crippen LogP contribution in [-0.4, -0.2) is 27.6 Å². The minimum atomic E-state index is -1.55. The van der Waals surface area contributed by atoms with Gasteiger partial charge in [0.2, 0.25) is 5.82 Å². The van der Waals surface area contributed by atoms with E-state index in [4.69, 9.17) is 0 Å². The molecule has 1 unspecified atom stereocenters. The summed E-state index contributed by atoms with van der Waals surface area (Å²) >= 11 is 0. The summed E-state index contributed by atoms with van der Waals surface area (Å²) in [5.41, 5.74) is -3.19. The average molecular weight is 288 g/mol. The van der Waals surface area contributed by atoms with E-state index in [1.807, 2.05) is 0 Å². The second-order valence-corrected chi connectivity index (χ2v) is 4.86. The molecular weight excluding hydrogens is 274 g/mol. The van der Waals surface area contributed by atoms with E-state index in [0.29, 0.717) is 12.1 Å². The molecule has 1 aromatic rings. The van der Waals surface area contributed by atoms with Crippen LogP contribution in [0.5, 0.6) is 0 Å². The largest absolute Gasteiger partial charge is 0.391 e. The van der Waals surface area contributed by atoms with Gasteiger partial charge in [0.05, 0.1) is 16.6 Å². The van der Waals surface area contributed by atoms with Crippen molar-refractivity contribution >= 4 is 11.6 Å². The monoisotopic (exact) mass is 288 g/mol. The fraction of sp³-hybridized carbons (Fsp3) is 0.417. The Labute approximate surface area is 113 Å². The number of hydrogen-bond donors (Lipinski definition) is 2. The highest BCUT2D eigenvalue weighted by atomic mass is 19.1. The van der Waals surface area contributed by atoms with Crippen LogP contribution in [0.3, 0.4) is 0 Å². The SMILES string of the molecule is CC(O)C(C)(C)NC(=O)c1c(F)ccc([N+](=O)[O-])c1F. The number of nitro benzene ring substituents is 1. The second kappa shape index (κ2) is 5.49. The van der Waals surface area contributed by atoms with Crippen molar-refractivity contribution in [1.82, 2.24) is 5.32 Å². The summed E-state index contributed by atoms with van der Waals surface area (Å²) in [6, 6.07) is 1.28. The molecule has 1 aromatic carbocycles. The summed E-state index contributed by atoms with van der Waals surface area (Å²) in [5.74, 6) is -3.93. The number of aliphatic hydroxyl groups is 1. The van der Waals surface area contributed by atoms with Crippen molar-refractivity contribution in [3.05, 3.63) is 39.4 Å². The highest BCUT2D eigenvalue weighted by molar-refractivity contribution is 5.96. The third kappa shape index (κ3) is 3.08. The number of benzene rings is 1. The van der Waals surface area contributed by atoms with Gasteiger partial charge < -0.3 is 10.4 Å². The Bertz CT molecular complexity index is 559. The first-order valence-corrected chi connectivity index (χ1v) is 5.71. The maximum Gasteiger partial charge on any atom is 0.305 e. The van der Waals surface area contributed by atoms with Gasteiger partial charge in [-0.05, 0) is 26.8 Å². The summed E-state index contributed by atoms with van der Waals surface area (Å²) in [6.07, 6.45) is -0.990. The fourth-order valence-corrected chi connectivity index (χ4v) is 1.35. The topological polar surface area (TPSA) is 92.5 Å². The predicted molar refractivity (Wildman–Crippen MR) is 66.2 cm³/mol. The Hall–Kier alpha value is -2.09. The molecule has 0 spiro atoms. The molecule has 0 saturated heterocycles. The molecule has 0 aliphatic rings. The van der Waals surface area contributed by atoms with Gasteiger partial charge in [0.1, 0.15) is 11.4 Å². The van der Waals surface area contributed by atoms with Crippen LogP contribution in [0.15, 0.2) is 12.1 Å². The predicted octanol–water partition coefficient (Wildman–Crippen LogP) is 1.76. The molecule has 0 saturated carbocycles. The summed E-state index contributed by atoms with van der Waals surface area (Å²) in [6.45, 7) is 4.28. The van der Waals surface area contributed by atoms with E-state index in [0.717, 1.165) is 0 Å². The van der Waals surface area contributed by atoms with Gasteiger partial charge in [-0.15, -0.1) is 0 Å². The molecule has 0 aliphatic carbocycles. The molecule has 110 valence electrons. The van der Waals surface area contributed by atoms with Crippen molar-refractivity contribution in [3.8, 4) is 0 Å². The van der Waals surface area contributed by atoms with Gasteiger partial charge in [0, 0.05) is 6.07 Å². The van der Waals surface area contributed by atoms with Gasteiger partial charge in [0.25, 0.3) is 5.91 Å². The molecule has 0 fully saturated rings. The van der Waals surface area contributed by atoms with Crippen molar-refractivity contribution in [3.63, 3.8) is 0 Å². The number of nitrogens with zero attached hydrogens (tertiary/aromatic N) is 1. The summed E-state index contributed by atoms with van der Waals surface area (Å²) in [4.78, 5) is 21.4. The van der Waals surface area contributed by atoms with Crippen LogP contribution >= 0.6 is 0 Å². The first kappa shape index (κ1) is 16.0. The molecule has 2 N–H and O–H groups in total. The van der Waals surface area contributed by atoms with Crippen LogP contribution in [0.2, 0.25) is 0 Å². The minimum absolute atomic E-state index is 0.640. The minimum Gasteiger partial charge on any atom is -0.391 e. The number of amides is 1. The smallest absolute Gasteiger partial charge is 0.305 e. The Morgan fingerprint density at radius 2 is 2.00 bits per heavy atom. The van der Waals surface area contributed by atoms with Gasteiger partial charge in [-0.3, -0.25) is 14.9 Å². The highest BCUT2D eigenvalue weighted by Gasteiger charge is 2.31. The lowest BCUT2D eigenvalue weighted by Gasteiger charge is -2.29. The Balaban J connectivity index is 3.23. The van der Waals surface area contributed by atoms with E-state index in [1.165, 1.54) is 20.8 Å². The van der Waals surface area contributed by atoms with Gasteiger partial charge in [0.15, 0.2) is 0 Å². The molecule has 6 nitrogen and oxygen atoms in total. The molecule has 0 bridgehead atoms. The summed E-state index contributed by atoms with van der Waals surface area (Å²) in [5, 5.41) is 22.2. The standard InChI is InChI=1S/C12H14F2N2O4/c1-6(17)12(2,3)15-11(18)9-7(13)4-5-8(10(9)14)16(19)20/h4-6,17H,1-3H3,(H,15,18). The van der Waals surface area contributed by atoms with Crippen molar-refractivity contribution < 1.29 is 23.6 Å². The van der Waals surface area contributed by atoms with Gasteiger partial charge in [-0.1, -0.05) is 0 Å². The van der Waals surface area contributed by atoms with E-state index in [2.05, 4.69) is 5.32 Å². The van der Waals surface area contributed by atoms with E-state index in [-0.39, 0.29) is 0 Å². The average Bonchev–Trinajstić information content (AvgIpc) is 2.27. The lowest BCUT2D eigenvalue weighted by Crippen LogP contribution is -2.51. The van der Waals surface area contributed by atoms with Gasteiger partial charge in [-0.25, -0.2) is 4.39 Å². The highest BCUT2D eigenvalue weighted by Crippen LogP contribution is 2.23. The third-order valence-electron chi connectivity index (χ3n) is 2.97. The van der Waals surface area contributed by atoms with Crippen LogP contribution in [0.1, 0.15) is 31.1 Å². The zero-order chi connectivity index (χ0) is 15.7. The maximum atomic E-state index is 13.8. The van der Waals surface area contributed by atoms with Crippen molar-refractivity contribution in [2.45, 2.75) is 32.4 Å². The van der Waals surface area contributed by atoms with Crippen LogP contribution in [-0.2, 0) is 0 Å². The zero-order valence-electron chi connectivity index (χ0n) is 11.1. The molecule has 1 atom stereocenters. The van der Waals surface area contributed by atoms with Crippen molar-refractivity contribution in [1.29, 1.82) is 0 Å². The second-order valence-electron chi connectivity index (χ2n) is 4.86. The molecule has 1 amide bonds. The molecule has 0 radical (unpaired) electrons. The Morgan fingerprint density at radius 1 is 1.45 bits per heavy atom. The number of carbonyl (C=O) groups is 1. The van der Waals surface area contributed by atoms with Gasteiger partial charge in [-0.2, -0.15) is 4.39 Å². The normalized spacial score (nSPS) is 12.9. The van der Waals surface area contributed by atoms with Crippen LogP contribution < -0.4 is 5.32 Å². The number of nitro groups is 1. The molecule has 0 aliphatic heterocycles. The van der Waals surface area contributed by atoms with E-state index in [1.54, 1.807) is 0 Å². The fourth-order valence-electron chi connectivity index (χ4n) is 1.35. The van der Waals surface area contributed by atoms with E-state index < -0.39 is 45.4 Å². The third-order valence-corrected chi connectivity index (χ3v) is 2.97. The molecule has 1 rings (SSSR count). The maximum absolute atomic E-state index is 13.8. The molecule has 8 heteroatoms. The number of halogens is 2. The number of carbonyl (C=O) groups excluding carboxylic acids is 1. The Morgan fingerprint density at radius 3 is 2.45 bits per heavy atom. The summed E-state index contributed by atoms with van der Waals surface area (Å²) in [7, 11) is 0. The van der Waals surface area contributed by atoms with E-state index in [9.17, 15) is 28.8 Å². The number of nitrogens with one attached hydrogen (secondary N) is 1. The van der Waals surface area contributed by atoms with Gasteiger partial charge >= 0.3 is 5.69 Å². The molecular formula is C12H14F2N2O4. The lowest BCUT2D eigenvalue weighted by molar-refractivity contribution is -0.387. The number of aliphatic hydroxyl groups excluding tert-OH is 1. The van der Waals surface area contributed by atoms with Crippen molar-refractivity contribution in [2.24, 2.45) is 0 Å². The molecule has 0 heterocycles.